The van der Waals surface area contributed by atoms with Crippen molar-refractivity contribution in [2.45, 2.75) is 10.9 Å². The van der Waals surface area contributed by atoms with Gasteiger partial charge in [-0.25, -0.2) is 0 Å². The predicted molar refractivity (Wildman–Crippen MR) is 77.3 cm³/mol. The third-order valence-electron chi connectivity index (χ3n) is 3.30. The molecule has 0 fully saturated rings. The molecule has 0 radical (unpaired) electrons. The number of ether oxygens (including phenoxy) is 1. The summed E-state index contributed by atoms with van der Waals surface area (Å²) in [5.41, 5.74) is 1.57. The molecule has 100 valence electrons. The predicted octanol–water partition coefficient (Wildman–Crippen LogP) is 3.06. The molecule has 1 aliphatic carbocycles. The van der Waals surface area contributed by atoms with E-state index in [0.717, 1.165) is 11.8 Å². The van der Waals surface area contributed by atoms with Crippen LogP contribution in [0.4, 0.5) is 0 Å². The zero-order valence-corrected chi connectivity index (χ0v) is 11.7. The standard InChI is InChI=1S/C15H16O3S/c1-18-15(19-2)9-12(10-16)13(8-14(15)17)11-6-4-3-5-7-11/h3-10,13,17H,1-2H3. The number of aliphatic hydroxyl groups is 1. The molecule has 19 heavy (non-hydrogen) atoms. The maximum atomic E-state index is 11.3. The third kappa shape index (κ3) is 2.46. The smallest absolute Gasteiger partial charge is 0.189 e. The molecule has 1 aliphatic rings. The molecule has 2 atom stereocenters. The first-order valence-electron chi connectivity index (χ1n) is 5.91. The van der Waals surface area contributed by atoms with Crippen molar-refractivity contribution < 1.29 is 14.6 Å². The van der Waals surface area contributed by atoms with Crippen molar-refractivity contribution in [3.63, 3.8) is 0 Å². The number of carbonyl (C=O) groups is 1. The molecule has 1 N–H and O–H groups in total. The van der Waals surface area contributed by atoms with Crippen LogP contribution in [0.2, 0.25) is 0 Å². The molecule has 0 bridgehead atoms. The lowest BCUT2D eigenvalue weighted by molar-refractivity contribution is -0.105. The first-order valence-corrected chi connectivity index (χ1v) is 7.13. The number of aliphatic hydroxyl groups excluding tert-OH is 1. The maximum Gasteiger partial charge on any atom is 0.189 e. The van der Waals surface area contributed by atoms with Gasteiger partial charge in [-0.3, -0.25) is 4.79 Å². The summed E-state index contributed by atoms with van der Waals surface area (Å²) in [6.45, 7) is 0. The number of allylic oxidation sites excluding steroid dienone is 2. The fourth-order valence-electron chi connectivity index (χ4n) is 2.22. The van der Waals surface area contributed by atoms with E-state index in [1.807, 2.05) is 36.6 Å². The Morgan fingerprint density at radius 1 is 1.37 bits per heavy atom. The minimum Gasteiger partial charge on any atom is -0.508 e. The zero-order chi connectivity index (χ0) is 13.9. The number of carbonyl (C=O) groups excluding carboxylic acids is 1. The summed E-state index contributed by atoms with van der Waals surface area (Å²) in [6.07, 6.45) is 6.02. The fourth-order valence-corrected chi connectivity index (χ4v) is 2.92. The largest absolute Gasteiger partial charge is 0.508 e. The van der Waals surface area contributed by atoms with E-state index in [1.54, 1.807) is 12.2 Å². The lowest BCUT2D eigenvalue weighted by Gasteiger charge is -2.32. The summed E-state index contributed by atoms with van der Waals surface area (Å²) in [5, 5.41) is 10.2. The topological polar surface area (TPSA) is 46.5 Å². The van der Waals surface area contributed by atoms with Crippen LogP contribution >= 0.6 is 11.8 Å². The van der Waals surface area contributed by atoms with E-state index < -0.39 is 4.93 Å². The van der Waals surface area contributed by atoms with Crippen LogP contribution in [0.5, 0.6) is 0 Å². The number of thioether (sulfide) groups is 1. The molecule has 2 unspecified atom stereocenters. The summed E-state index contributed by atoms with van der Waals surface area (Å²) in [7, 11) is 1.52. The average molecular weight is 276 g/mol. The van der Waals surface area contributed by atoms with E-state index in [2.05, 4.69) is 0 Å². The van der Waals surface area contributed by atoms with Gasteiger partial charge in [0.05, 0.1) is 0 Å². The van der Waals surface area contributed by atoms with Crippen LogP contribution in [-0.2, 0) is 9.53 Å². The zero-order valence-electron chi connectivity index (χ0n) is 10.9. The van der Waals surface area contributed by atoms with Gasteiger partial charge >= 0.3 is 0 Å². The number of benzene rings is 1. The van der Waals surface area contributed by atoms with Crippen molar-refractivity contribution in [1.82, 2.24) is 0 Å². The number of hydrogen-bond acceptors (Lipinski definition) is 4. The summed E-state index contributed by atoms with van der Waals surface area (Å²) < 4.78 is 5.37. The average Bonchev–Trinajstić information content (AvgIpc) is 2.48. The van der Waals surface area contributed by atoms with Gasteiger partial charge in [0.25, 0.3) is 0 Å². The monoisotopic (exact) mass is 276 g/mol. The lowest BCUT2D eigenvalue weighted by Crippen LogP contribution is -2.31. The first kappa shape index (κ1) is 13.9. The van der Waals surface area contributed by atoms with Gasteiger partial charge in [0.15, 0.2) is 4.93 Å². The molecule has 0 amide bonds. The van der Waals surface area contributed by atoms with Crippen LogP contribution in [0.15, 0.2) is 53.8 Å². The van der Waals surface area contributed by atoms with Gasteiger partial charge in [-0.1, -0.05) is 30.3 Å². The molecular weight excluding hydrogens is 260 g/mol. The number of methoxy groups -OCH3 is 1. The van der Waals surface area contributed by atoms with Gasteiger partial charge in [-0.15, -0.1) is 11.8 Å². The Balaban J connectivity index is 2.47. The molecule has 0 heterocycles. The van der Waals surface area contributed by atoms with Crippen molar-refractivity contribution in [2.24, 2.45) is 0 Å². The Morgan fingerprint density at radius 2 is 2.05 bits per heavy atom. The maximum absolute atomic E-state index is 11.3. The molecule has 0 spiro atoms. The molecule has 0 saturated carbocycles. The van der Waals surface area contributed by atoms with E-state index in [0.29, 0.717) is 5.57 Å². The van der Waals surface area contributed by atoms with Crippen molar-refractivity contribution in [2.75, 3.05) is 13.4 Å². The van der Waals surface area contributed by atoms with E-state index in [1.165, 1.54) is 18.9 Å². The Hall–Kier alpha value is -1.52. The second kappa shape index (κ2) is 5.63. The van der Waals surface area contributed by atoms with Crippen molar-refractivity contribution in [3.8, 4) is 0 Å². The summed E-state index contributed by atoms with van der Waals surface area (Å²) >= 11 is 1.34. The molecule has 2 rings (SSSR count). The van der Waals surface area contributed by atoms with Crippen molar-refractivity contribution >= 4 is 18.0 Å². The second-order valence-corrected chi connectivity index (χ2v) is 5.29. The van der Waals surface area contributed by atoms with Gasteiger partial charge in [-0.05, 0) is 24.0 Å². The summed E-state index contributed by atoms with van der Waals surface area (Å²) in [4.78, 5) is 10.4. The van der Waals surface area contributed by atoms with E-state index in [4.69, 9.17) is 4.74 Å². The third-order valence-corrected chi connectivity index (χ3v) is 4.40. The molecular formula is C15H16O3S. The molecule has 1 aromatic rings. The van der Waals surface area contributed by atoms with E-state index in [9.17, 15) is 9.90 Å². The van der Waals surface area contributed by atoms with Crippen LogP contribution in [-0.4, -0.2) is 29.7 Å². The quantitative estimate of drug-likeness (QED) is 0.678. The van der Waals surface area contributed by atoms with Gasteiger partial charge < -0.3 is 9.84 Å². The normalized spacial score (nSPS) is 26.5. The van der Waals surface area contributed by atoms with Crippen LogP contribution in [0, 0.1) is 0 Å². The molecule has 0 saturated heterocycles. The lowest BCUT2D eigenvalue weighted by atomic mass is 9.86. The van der Waals surface area contributed by atoms with Crippen LogP contribution in [0.3, 0.4) is 0 Å². The second-order valence-electron chi connectivity index (χ2n) is 4.28. The number of rotatable bonds is 4. The van der Waals surface area contributed by atoms with Crippen LogP contribution in [0.25, 0.3) is 0 Å². The highest BCUT2D eigenvalue weighted by Gasteiger charge is 2.37. The minimum atomic E-state index is -0.957. The SMILES string of the molecule is COC1(SC)C=C(C=O)C(c2ccccc2)C=C1O. The highest BCUT2D eigenvalue weighted by Crippen LogP contribution is 2.41. The van der Waals surface area contributed by atoms with E-state index in [-0.39, 0.29) is 11.7 Å². The Kier molecular flexibility index (Phi) is 4.12. The van der Waals surface area contributed by atoms with Gasteiger partial charge in [0.2, 0.25) is 0 Å². The molecule has 3 nitrogen and oxygen atoms in total. The minimum absolute atomic E-state index is 0.127. The van der Waals surface area contributed by atoms with Crippen LogP contribution < -0.4 is 0 Å². The van der Waals surface area contributed by atoms with Gasteiger partial charge in [0.1, 0.15) is 12.0 Å². The van der Waals surface area contributed by atoms with Crippen molar-refractivity contribution in [1.29, 1.82) is 0 Å². The van der Waals surface area contributed by atoms with Crippen LogP contribution in [0.1, 0.15) is 11.5 Å². The first-order chi connectivity index (χ1) is 9.16. The number of aldehydes is 1. The highest BCUT2D eigenvalue weighted by atomic mass is 32.2. The Labute approximate surface area is 117 Å². The molecule has 0 aliphatic heterocycles. The fraction of sp³-hybridized carbons (Fsp3) is 0.267. The van der Waals surface area contributed by atoms with Gasteiger partial charge in [-0.2, -0.15) is 0 Å². The molecule has 0 aromatic heterocycles. The van der Waals surface area contributed by atoms with E-state index >= 15 is 0 Å². The Morgan fingerprint density at radius 3 is 2.58 bits per heavy atom. The van der Waals surface area contributed by atoms with Gasteiger partial charge in [0, 0.05) is 18.6 Å². The number of hydrogen-bond donors (Lipinski definition) is 1. The molecule has 4 heteroatoms. The highest BCUT2D eigenvalue weighted by molar-refractivity contribution is 8.00. The molecule has 1 aromatic carbocycles. The Bertz CT molecular complexity index is 515. The van der Waals surface area contributed by atoms with Crippen molar-refractivity contribution in [3.05, 3.63) is 59.4 Å². The summed E-state index contributed by atoms with van der Waals surface area (Å²) in [5.74, 6) is -0.101. The summed E-state index contributed by atoms with van der Waals surface area (Å²) in [6, 6.07) is 9.61.